The molecule has 1 rings (SSSR count). The van der Waals surface area contributed by atoms with Gasteiger partial charge in [0.2, 0.25) is 5.91 Å². The molecule has 0 saturated heterocycles. The average molecular weight is 247 g/mol. The van der Waals surface area contributed by atoms with Gasteiger partial charge < -0.3 is 10.6 Å². The number of halogens is 2. The topological polar surface area (TPSA) is 41.1 Å². The third-order valence-corrected chi connectivity index (χ3v) is 2.13. The van der Waals surface area contributed by atoms with Crippen LogP contribution in [0.4, 0.5) is 5.69 Å². The second kappa shape index (κ2) is 5.83. The minimum atomic E-state index is -0.0408. The lowest BCUT2D eigenvalue weighted by Crippen LogP contribution is -2.26. The van der Waals surface area contributed by atoms with Crippen molar-refractivity contribution >= 4 is 34.8 Å². The van der Waals surface area contributed by atoms with Crippen LogP contribution in [0, 0.1) is 0 Å². The molecule has 0 saturated carbocycles. The quantitative estimate of drug-likeness (QED) is 0.803. The molecule has 0 bridgehead atoms. The summed E-state index contributed by atoms with van der Waals surface area (Å²) in [7, 11) is 0. The fourth-order valence-corrected chi connectivity index (χ4v) is 1.63. The van der Waals surface area contributed by atoms with Crippen molar-refractivity contribution in [2.45, 2.75) is 6.92 Å². The first-order chi connectivity index (χ1) is 7.08. The van der Waals surface area contributed by atoms with E-state index in [1.54, 1.807) is 18.2 Å². The van der Waals surface area contributed by atoms with Crippen molar-refractivity contribution < 1.29 is 4.79 Å². The van der Waals surface area contributed by atoms with Gasteiger partial charge in [-0.2, -0.15) is 0 Å². The van der Waals surface area contributed by atoms with Crippen LogP contribution >= 0.6 is 23.2 Å². The van der Waals surface area contributed by atoms with E-state index >= 15 is 0 Å². The summed E-state index contributed by atoms with van der Waals surface area (Å²) in [5.74, 6) is -0.0408. The van der Waals surface area contributed by atoms with Crippen LogP contribution in [-0.4, -0.2) is 19.0 Å². The number of benzene rings is 1. The van der Waals surface area contributed by atoms with Gasteiger partial charge in [-0.3, -0.25) is 4.79 Å². The van der Waals surface area contributed by atoms with Crippen LogP contribution in [-0.2, 0) is 4.79 Å². The highest BCUT2D eigenvalue weighted by Crippen LogP contribution is 2.21. The number of nitrogens with one attached hydrogen (secondary N) is 2. The highest BCUT2D eigenvalue weighted by Gasteiger charge is 1.97. The molecule has 5 heteroatoms. The maximum absolute atomic E-state index is 10.6. The molecule has 0 aromatic heterocycles. The minimum Gasteiger partial charge on any atom is -0.383 e. The Hall–Kier alpha value is -0.930. The van der Waals surface area contributed by atoms with Crippen molar-refractivity contribution in [3.63, 3.8) is 0 Å². The zero-order chi connectivity index (χ0) is 11.3. The molecule has 15 heavy (non-hydrogen) atoms. The Balaban J connectivity index is 2.40. The largest absolute Gasteiger partial charge is 0.383 e. The van der Waals surface area contributed by atoms with E-state index in [0.717, 1.165) is 5.69 Å². The predicted molar refractivity (Wildman–Crippen MR) is 63.6 cm³/mol. The number of anilines is 1. The summed E-state index contributed by atoms with van der Waals surface area (Å²) in [6, 6.07) is 5.23. The Bertz CT molecular complexity index is 335. The number of hydrogen-bond acceptors (Lipinski definition) is 2. The van der Waals surface area contributed by atoms with E-state index in [-0.39, 0.29) is 5.91 Å². The number of amides is 1. The van der Waals surface area contributed by atoms with Crippen LogP contribution in [0.15, 0.2) is 18.2 Å². The van der Waals surface area contributed by atoms with E-state index in [2.05, 4.69) is 10.6 Å². The van der Waals surface area contributed by atoms with E-state index in [4.69, 9.17) is 23.2 Å². The standard InChI is InChI=1S/C10H12Cl2N2O/c1-7(15)13-2-3-14-10-5-8(11)4-9(12)6-10/h4-6,14H,2-3H2,1H3,(H,13,15). The Kier molecular flexibility index (Phi) is 4.72. The first-order valence-electron chi connectivity index (χ1n) is 4.52. The van der Waals surface area contributed by atoms with Gasteiger partial charge in [-0.05, 0) is 18.2 Å². The zero-order valence-corrected chi connectivity index (χ0v) is 9.82. The minimum absolute atomic E-state index is 0.0408. The molecular weight excluding hydrogens is 235 g/mol. The molecule has 0 atom stereocenters. The number of carbonyl (C=O) groups excluding carboxylic acids is 1. The maximum Gasteiger partial charge on any atom is 0.216 e. The highest BCUT2D eigenvalue weighted by atomic mass is 35.5. The fraction of sp³-hybridized carbons (Fsp3) is 0.300. The molecule has 0 aliphatic rings. The predicted octanol–water partition coefficient (Wildman–Crippen LogP) is 2.54. The molecule has 3 nitrogen and oxygen atoms in total. The molecule has 0 unspecified atom stereocenters. The maximum atomic E-state index is 10.6. The number of rotatable bonds is 4. The Morgan fingerprint density at radius 3 is 2.33 bits per heavy atom. The van der Waals surface area contributed by atoms with E-state index in [1.165, 1.54) is 6.92 Å². The zero-order valence-electron chi connectivity index (χ0n) is 8.31. The number of hydrogen-bond donors (Lipinski definition) is 2. The molecule has 0 fully saturated rings. The monoisotopic (exact) mass is 246 g/mol. The van der Waals surface area contributed by atoms with Crippen LogP contribution in [0.1, 0.15) is 6.92 Å². The van der Waals surface area contributed by atoms with Crippen LogP contribution < -0.4 is 10.6 Å². The molecule has 0 heterocycles. The van der Waals surface area contributed by atoms with Crippen LogP contribution in [0.2, 0.25) is 10.0 Å². The molecular formula is C10H12Cl2N2O. The Morgan fingerprint density at radius 2 is 1.80 bits per heavy atom. The van der Waals surface area contributed by atoms with Gasteiger partial charge in [0.25, 0.3) is 0 Å². The van der Waals surface area contributed by atoms with Gasteiger partial charge in [0.15, 0.2) is 0 Å². The second-order valence-electron chi connectivity index (χ2n) is 3.07. The highest BCUT2D eigenvalue weighted by molar-refractivity contribution is 6.35. The molecule has 1 aromatic rings. The molecule has 82 valence electrons. The summed E-state index contributed by atoms with van der Waals surface area (Å²) >= 11 is 11.6. The summed E-state index contributed by atoms with van der Waals surface area (Å²) in [5, 5.41) is 6.95. The molecule has 2 N–H and O–H groups in total. The summed E-state index contributed by atoms with van der Waals surface area (Å²) in [6.45, 7) is 2.69. The summed E-state index contributed by atoms with van der Waals surface area (Å²) in [6.07, 6.45) is 0. The van der Waals surface area contributed by atoms with E-state index < -0.39 is 0 Å². The first-order valence-corrected chi connectivity index (χ1v) is 5.28. The van der Waals surface area contributed by atoms with Crippen molar-refractivity contribution in [1.82, 2.24) is 5.32 Å². The van der Waals surface area contributed by atoms with Crippen molar-refractivity contribution in [3.8, 4) is 0 Å². The van der Waals surface area contributed by atoms with Gasteiger partial charge in [-0.1, -0.05) is 23.2 Å². The van der Waals surface area contributed by atoms with E-state index in [9.17, 15) is 4.79 Å². The van der Waals surface area contributed by atoms with Crippen molar-refractivity contribution in [3.05, 3.63) is 28.2 Å². The second-order valence-corrected chi connectivity index (χ2v) is 3.94. The SMILES string of the molecule is CC(=O)NCCNc1cc(Cl)cc(Cl)c1. The van der Waals surface area contributed by atoms with Gasteiger partial charge in [-0.25, -0.2) is 0 Å². The van der Waals surface area contributed by atoms with Crippen LogP contribution in [0.25, 0.3) is 0 Å². The van der Waals surface area contributed by atoms with Gasteiger partial charge in [0, 0.05) is 35.7 Å². The van der Waals surface area contributed by atoms with Crippen molar-refractivity contribution in [2.75, 3.05) is 18.4 Å². The van der Waals surface area contributed by atoms with E-state index in [0.29, 0.717) is 23.1 Å². The molecule has 1 aromatic carbocycles. The Labute approximate surface area is 98.8 Å². The van der Waals surface area contributed by atoms with Crippen LogP contribution in [0.5, 0.6) is 0 Å². The smallest absolute Gasteiger partial charge is 0.216 e. The third kappa shape index (κ3) is 4.91. The average Bonchev–Trinajstić information content (AvgIpc) is 2.10. The van der Waals surface area contributed by atoms with Gasteiger partial charge in [0.05, 0.1) is 0 Å². The summed E-state index contributed by atoms with van der Waals surface area (Å²) in [5.41, 5.74) is 0.845. The summed E-state index contributed by atoms with van der Waals surface area (Å²) < 4.78 is 0. The van der Waals surface area contributed by atoms with Gasteiger partial charge in [0.1, 0.15) is 0 Å². The molecule has 0 radical (unpaired) electrons. The van der Waals surface area contributed by atoms with Gasteiger partial charge >= 0.3 is 0 Å². The third-order valence-electron chi connectivity index (χ3n) is 1.69. The summed E-state index contributed by atoms with van der Waals surface area (Å²) in [4.78, 5) is 10.6. The lowest BCUT2D eigenvalue weighted by molar-refractivity contribution is -0.118. The molecule has 0 aliphatic carbocycles. The lowest BCUT2D eigenvalue weighted by Gasteiger charge is -2.07. The lowest BCUT2D eigenvalue weighted by atomic mass is 10.3. The van der Waals surface area contributed by atoms with Crippen LogP contribution in [0.3, 0.4) is 0 Å². The van der Waals surface area contributed by atoms with E-state index in [1.807, 2.05) is 0 Å². The normalized spacial score (nSPS) is 9.80. The van der Waals surface area contributed by atoms with Crippen molar-refractivity contribution in [2.24, 2.45) is 0 Å². The van der Waals surface area contributed by atoms with Gasteiger partial charge in [-0.15, -0.1) is 0 Å². The number of carbonyl (C=O) groups is 1. The van der Waals surface area contributed by atoms with Crippen molar-refractivity contribution in [1.29, 1.82) is 0 Å². The first kappa shape index (κ1) is 12.1. The Morgan fingerprint density at radius 1 is 1.20 bits per heavy atom. The molecule has 0 aliphatic heterocycles. The molecule has 1 amide bonds. The molecule has 0 spiro atoms. The fourth-order valence-electron chi connectivity index (χ4n) is 1.10.